The summed E-state index contributed by atoms with van der Waals surface area (Å²) in [5.41, 5.74) is 3.14. The number of anilines is 1. The minimum atomic E-state index is -1.06. The Morgan fingerprint density at radius 2 is 1.81 bits per heavy atom. The third-order valence-electron chi connectivity index (χ3n) is 4.02. The average molecular weight is 402 g/mol. The number of carbonyl (C=O) groups excluding carboxylic acids is 1. The zero-order valence-corrected chi connectivity index (χ0v) is 15.7. The van der Waals surface area contributed by atoms with Crippen LogP contribution >= 0.6 is 22.9 Å². The van der Waals surface area contributed by atoms with Crippen LogP contribution in [0.4, 0.5) is 5.69 Å². The maximum atomic E-state index is 12.1. The number of aromatic hydroxyl groups is 1. The van der Waals surface area contributed by atoms with Gasteiger partial charge in [0.15, 0.2) is 0 Å². The van der Waals surface area contributed by atoms with Crippen LogP contribution in [-0.4, -0.2) is 22.1 Å². The first kappa shape index (κ1) is 18.9. The van der Waals surface area contributed by atoms with E-state index in [1.807, 2.05) is 24.3 Å². The van der Waals surface area contributed by atoms with Crippen molar-refractivity contribution in [2.75, 3.05) is 5.32 Å². The fraction of sp³-hybridized carbons (Fsp3) is 0.100. The molecule has 2 aromatic carbocycles. The summed E-state index contributed by atoms with van der Waals surface area (Å²) < 4.78 is 0. The van der Waals surface area contributed by atoms with Crippen molar-refractivity contribution in [3.63, 3.8) is 0 Å². The van der Waals surface area contributed by atoms with Crippen LogP contribution in [0.5, 0.6) is 5.75 Å². The molecule has 3 aromatic rings. The lowest BCUT2D eigenvalue weighted by Crippen LogP contribution is -2.14. The van der Waals surface area contributed by atoms with E-state index < -0.39 is 5.97 Å². The zero-order valence-electron chi connectivity index (χ0n) is 14.1. The first-order valence-electron chi connectivity index (χ1n) is 8.11. The summed E-state index contributed by atoms with van der Waals surface area (Å²) in [6, 6.07) is 12.5. The number of carbonyl (C=O) groups is 2. The Kier molecular flexibility index (Phi) is 5.78. The van der Waals surface area contributed by atoms with E-state index in [1.54, 1.807) is 17.5 Å². The second-order valence-corrected chi connectivity index (χ2v) is 7.06. The predicted molar refractivity (Wildman–Crippen MR) is 107 cm³/mol. The molecular weight excluding hydrogens is 386 g/mol. The molecule has 0 aliphatic carbocycles. The minimum absolute atomic E-state index is 0.100. The van der Waals surface area contributed by atoms with Gasteiger partial charge in [0.1, 0.15) is 5.75 Å². The molecule has 0 spiro atoms. The molecule has 0 saturated heterocycles. The van der Waals surface area contributed by atoms with Crippen LogP contribution in [0.25, 0.3) is 11.1 Å². The molecule has 1 heterocycles. The van der Waals surface area contributed by atoms with Crippen LogP contribution in [0.15, 0.2) is 53.2 Å². The van der Waals surface area contributed by atoms with E-state index in [0.717, 1.165) is 16.7 Å². The molecule has 0 saturated carbocycles. The molecule has 0 unspecified atom stereocenters. The Labute approximate surface area is 164 Å². The van der Waals surface area contributed by atoms with Crippen molar-refractivity contribution < 1.29 is 19.8 Å². The molecule has 0 aliphatic rings. The number of aryl methyl sites for hydroxylation is 1. The number of amides is 1. The number of phenolic OH excluding ortho intramolecular Hbond substituents is 1. The maximum absolute atomic E-state index is 12.1. The molecule has 138 valence electrons. The number of carboxylic acid groups (broad SMARTS) is 1. The van der Waals surface area contributed by atoms with Gasteiger partial charge in [-0.05, 0) is 35.7 Å². The molecule has 7 heteroatoms. The number of hydrogen-bond acceptors (Lipinski definition) is 4. The second-order valence-electron chi connectivity index (χ2n) is 5.91. The molecule has 0 aliphatic heterocycles. The first-order chi connectivity index (χ1) is 12.9. The van der Waals surface area contributed by atoms with Gasteiger partial charge in [-0.25, -0.2) is 4.79 Å². The number of benzene rings is 2. The summed E-state index contributed by atoms with van der Waals surface area (Å²) in [7, 11) is 0. The molecule has 1 aromatic heterocycles. The molecule has 0 fully saturated rings. The summed E-state index contributed by atoms with van der Waals surface area (Å²) in [5, 5.41) is 24.7. The molecule has 27 heavy (non-hydrogen) atoms. The van der Waals surface area contributed by atoms with E-state index in [0.29, 0.717) is 17.1 Å². The highest BCUT2D eigenvalue weighted by Gasteiger charge is 2.13. The fourth-order valence-corrected chi connectivity index (χ4v) is 3.66. The Bertz CT molecular complexity index is 982. The van der Waals surface area contributed by atoms with Crippen molar-refractivity contribution in [3.8, 4) is 16.9 Å². The highest BCUT2D eigenvalue weighted by molar-refractivity contribution is 7.08. The molecule has 0 radical (unpaired) electrons. The topological polar surface area (TPSA) is 86.6 Å². The second kappa shape index (κ2) is 8.24. The Morgan fingerprint density at radius 1 is 1.07 bits per heavy atom. The number of thiophene rings is 1. The van der Waals surface area contributed by atoms with Crippen LogP contribution in [0.3, 0.4) is 0 Å². The number of halogens is 1. The van der Waals surface area contributed by atoms with Gasteiger partial charge in [-0.2, -0.15) is 0 Å². The number of phenols is 1. The molecule has 0 atom stereocenters. The summed E-state index contributed by atoms with van der Waals surface area (Å²) in [6.45, 7) is 0. The van der Waals surface area contributed by atoms with E-state index in [2.05, 4.69) is 5.32 Å². The number of aromatic carboxylic acids is 1. The smallest absolute Gasteiger partial charge is 0.338 e. The molecule has 3 rings (SSSR count). The largest absolute Gasteiger partial charge is 0.508 e. The molecule has 5 nitrogen and oxygen atoms in total. The lowest BCUT2D eigenvalue weighted by Gasteiger charge is -2.08. The van der Waals surface area contributed by atoms with Crippen molar-refractivity contribution in [1.82, 2.24) is 0 Å². The van der Waals surface area contributed by atoms with E-state index >= 15 is 0 Å². The number of rotatable bonds is 6. The standard InChI is InChI=1S/C20H16ClNO4S/c21-17-9-14(23)6-7-15(17)13-4-1-12(2-5-13)3-8-19(24)22-18-11-27-10-16(18)20(25)26/h1-2,4-7,9-11,23H,3,8H2,(H,22,24)(H,25,26). The van der Waals surface area contributed by atoms with Gasteiger partial charge < -0.3 is 15.5 Å². The summed E-state index contributed by atoms with van der Waals surface area (Å²) in [5.74, 6) is -1.18. The highest BCUT2D eigenvalue weighted by atomic mass is 35.5. The molecule has 0 bridgehead atoms. The van der Waals surface area contributed by atoms with E-state index in [4.69, 9.17) is 16.7 Å². The molecule has 1 amide bonds. The Hall–Kier alpha value is -2.83. The van der Waals surface area contributed by atoms with Crippen LogP contribution in [0.2, 0.25) is 5.02 Å². The van der Waals surface area contributed by atoms with Crippen LogP contribution in [-0.2, 0) is 11.2 Å². The van der Waals surface area contributed by atoms with Crippen LogP contribution in [0.1, 0.15) is 22.3 Å². The zero-order chi connectivity index (χ0) is 19.4. The van der Waals surface area contributed by atoms with Gasteiger partial charge in [0.2, 0.25) is 5.91 Å². The van der Waals surface area contributed by atoms with Crippen LogP contribution in [0, 0.1) is 0 Å². The summed E-state index contributed by atoms with van der Waals surface area (Å²) in [6.07, 6.45) is 0.774. The Balaban J connectivity index is 1.61. The van der Waals surface area contributed by atoms with Crippen molar-refractivity contribution >= 4 is 40.5 Å². The molecular formula is C20H16ClNO4S. The quantitative estimate of drug-likeness (QED) is 0.539. The normalized spacial score (nSPS) is 10.6. The number of carboxylic acids is 1. The van der Waals surface area contributed by atoms with Gasteiger partial charge in [0.25, 0.3) is 0 Å². The van der Waals surface area contributed by atoms with Gasteiger partial charge in [-0.1, -0.05) is 35.9 Å². The van der Waals surface area contributed by atoms with Gasteiger partial charge in [0.05, 0.1) is 16.3 Å². The highest BCUT2D eigenvalue weighted by Crippen LogP contribution is 2.31. The minimum Gasteiger partial charge on any atom is -0.508 e. The van der Waals surface area contributed by atoms with Crippen molar-refractivity contribution in [1.29, 1.82) is 0 Å². The average Bonchev–Trinajstić information content (AvgIpc) is 3.09. The van der Waals surface area contributed by atoms with Gasteiger partial charge in [-0.15, -0.1) is 11.3 Å². The van der Waals surface area contributed by atoms with Crippen molar-refractivity contribution in [2.45, 2.75) is 12.8 Å². The maximum Gasteiger partial charge on any atom is 0.338 e. The van der Waals surface area contributed by atoms with E-state index in [1.165, 1.54) is 22.8 Å². The van der Waals surface area contributed by atoms with Crippen molar-refractivity contribution in [3.05, 3.63) is 69.4 Å². The lowest BCUT2D eigenvalue weighted by molar-refractivity contribution is -0.116. The third-order valence-corrected chi connectivity index (χ3v) is 5.08. The number of nitrogens with one attached hydrogen (secondary N) is 1. The lowest BCUT2D eigenvalue weighted by atomic mass is 10.0. The van der Waals surface area contributed by atoms with Crippen LogP contribution < -0.4 is 5.32 Å². The third kappa shape index (κ3) is 4.67. The summed E-state index contributed by atoms with van der Waals surface area (Å²) in [4.78, 5) is 23.2. The van der Waals surface area contributed by atoms with Crippen molar-refractivity contribution in [2.24, 2.45) is 0 Å². The van der Waals surface area contributed by atoms with Gasteiger partial charge >= 0.3 is 5.97 Å². The molecule has 3 N–H and O–H groups in total. The monoisotopic (exact) mass is 401 g/mol. The summed E-state index contributed by atoms with van der Waals surface area (Å²) >= 11 is 7.39. The fourth-order valence-electron chi connectivity index (χ4n) is 2.62. The van der Waals surface area contributed by atoms with Gasteiger partial charge in [0, 0.05) is 22.7 Å². The number of hydrogen-bond donors (Lipinski definition) is 3. The van der Waals surface area contributed by atoms with E-state index in [9.17, 15) is 14.7 Å². The van der Waals surface area contributed by atoms with E-state index in [-0.39, 0.29) is 23.6 Å². The first-order valence-corrected chi connectivity index (χ1v) is 9.43. The Morgan fingerprint density at radius 3 is 2.48 bits per heavy atom. The SMILES string of the molecule is O=C(CCc1ccc(-c2ccc(O)cc2Cl)cc1)Nc1cscc1C(=O)O. The van der Waals surface area contributed by atoms with Gasteiger partial charge in [-0.3, -0.25) is 4.79 Å². The predicted octanol–water partition coefficient (Wildman–Crippen LogP) is 5.04.